The topological polar surface area (TPSA) is 89.6 Å². The normalized spacial score (nSPS) is 23.3. The van der Waals surface area contributed by atoms with E-state index in [-0.39, 0.29) is 24.1 Å². The van der Waals surface area contributed by atoms with Crippen LogP contribution in [0, 0.1) is 17.3 Å². The van der Waals surface area contributed by atoms with Gasteiger partial charge in [0.15, 0.2) is 11.3 Å². The number of carbonyl (C=O) groups is 1. The molecule has 6 rings (SSSR count). The standard InChI is InChI=1S/C25H31F2N7O2.H2/c1-15(2)16-3-5-17(6-4-16)34-10-19(21(31-34)22(26)27)29-24(35)18-9-28-33-8-7-20(30-23(18)33)32-11-25(12-32)13-36-14-25;/h7-10,15-17,22H,3-6,11-14H2,1-2H3,(H,29,35);1H. The fourth-order valence-corrected chi connectivity index (χ4v) is 5.77. The molecule has 1 amide bonds. The molecule has 0 atom stereocenters. The number of ether oxygens (including phenoxy) is 1. The number of amides is 1. The van der Waals surface area contributed by atoms with Crippen LogP contribution in [0.25, 0.3) is 5.65 Å². The third-order valence-corrected chi connectivity index (χ3v) is 8.07. The fraction of sp³-hybridized carbons (Fsp3) is 0.600. The van der Waals surface area contributed by atoms with Crippen molar-refractivity contribution < 1.29 is 19.7 Å². The van der Waals surface area contributed by atoms with Gasteiger partial charge in [0.25, 0.3) is 12.3 Å². The number of nitrogens with one attached hydrogen (secondary N) is 1. The molecule has 194 valence electrons. The number of anilines is 2. The third-order valence-electron chi connectivity index (χ3n) is 8.07. The zero-order valence-electron chi connectivity index (χ0n) is 20.5. The Labute approximate surface area is 209 Å². The van der Waals surface area contributed by atoms with Crippen LogP contribution in [0.15, 0.2) is 24.7 Å². The molecule has 1 saturated carbocycles. The van der Waals surface area contributed by atoms with Crippen molar-refractivity contribution in [2.75, 3.05) is 36.5 Å². The lowest BCUT2D eigenvalue weighted by atomic mass is 9.78. The molecule has 3 fully saturated rings. The van der Waals surface area contributed by atoms with Crippen LogP contribution < -0.4 is 10.2 Å². The van der Waals surface area contributed by atoms with Crippen molar-refractivity contribution in [3.05, 3.63) is 35.9 Å². The second-order valence-corrected chi connectivity index (χ2v) is 10.9. The predicted octanol–water partition coefficient (Wildman–Crippen LogP) is 4.59. The first-order chi connectivity index (χ1) is 17.3. The van der Waals surface area contributed by atoms with E-state index >= 15 is 0 Å². The first-order valence-corrected chi connectivity index (χ1v) is 12.7. The van der Waals surface area contributed by atoms with Crippen molar-refractivity contribution in [1.29, 1.82) is 0 Å². The van der Waals surface area contributed by atoms with Gasteiger partial charge in [0.1, 0.15) is 11.4 Å². The van der Waals surface area contributed by atoms with Crippen molar-refractivity contribution >= 4 is 23.1 Å². The largest absolute Gasteiger partial charge is 0.380 e. The van der Waals surface area contributed by atoms with Crippen LogP contribution >= 0.6 is 0 Å². The van der Waals surface area contributed by atoms with E-state index in [9.17, 15) is 13.6 Å². The minimum Gasteiger partial charge on any atom is -0.380 e. The van der Waals surface area contributed by atoms with Crippen molar-refractivity contribution in [2.45, 2.75) is 52.0 Å². The molecule has 3 aromatic rings. The van der Waals surface area contributed by atoms with Crippen LogP contribution in [-0.4, -0.2) is 56.6 Å². The number of nitrogens with zero attached hydrogens (tertiary/aromatic N) is 6. The van der Waals surface area contributed by atoms with E-state index in [1.54, 1.807) is 17.1 Å². The average molecular weight is 502 g/mol. The van der Waals surface area contributed by atoms with Crippen LogP contribution in [0.1, 0.15) is 69.5 Å². The SMILES string of the molecule is CC(C)C1CCC(n2cc(NC(=O)c3cnn4ccc(N5CC6(COC6)C5)nc34)c(C(F)F)n2)CC1.[HH]. The van der Waals surface area contributed by atoms with E-state index in [1.807, 2.05) is 6.07 Å². The van der Waals surface area contributed by atoms with Crippen molar-refractivity contribution in [3.8, 4) is 0 Å². The molecule has 0 unspecified atom stereocenters. The molecule has 3 aliphatic rings. The first-order valence-electron chi connectivity index (χ1n) is 12.7. The van der Waals surface area contributed by atoms with Crippen LogP contribution in [0.5, 0.6) is 0 Å². The van der Waals surface area contributed by atoms with Gasteiger partial charge in [-0.25, -0.2) is 18.3 Å². The number of rotatable bonds is 6. The molecular weight excluding hydrogens is 468 g/mol. The number of carbonyl (C=O) groups excluding carboxylic acids is 1. The van der Waals surface area contributed by atoms with E-state index in [0.717, 1.165) is 57.8 Å². The summed E-state index contributed by atoms with van der Waals surface area (Å²) in [5, 5.41) is 11.1. The molecule has 2 aliphatic heterocycles. The van der Waals surface area contributed by atoms with E-state index in [4.69, 9.17) is 4.74 Å². The molecule has 36 heavy (non-hydrogen) atoms. The van der Waals surface area contributed by atoms with Crippen LogP contribution in [0.4, 0.5) is 20.3 Å². The Morgan fingerprint density at radius 3 is 2.61 bits per heavy atom. The molecule has 9 nitrogen and oxygen atoms in total. The highest BCUT2D eigenvalue weighted by Gasteiger charge is 2.49. The highest BCUT2D eigenvalue weighted by Crippen LogP contribution is 2.40. The minimum atomic E-state index is -2.79. The summed E-state index contributed by atoms with van der Waals surface area (Å²) in [6.45, 7) is 7.71. The van der Waals surface area contributed by atoms with Gasteiger partial charge in [0, 0.05) is 26.9 Å². The summed E-state index contributed by atoms with van der Waals surface area (Å²) >= 11 is 0. The molecule has 1 N–H and O–H groups in total. The lowest BCUT2D eigenvalue weighted by molar-refractivity contribution is -0.127. The Hall–Kier alpha value is -3.08. The molecule has 5 heterocycles. The first kappa shape index (κ1) is 23.3. The Morgan fingerprint density at radius 1 is 1.22 bits per heavy atom. The second kappa shape index (κ2) is 8.79. The van der Waals surface area contributed by atoms with E-state index < -0.39 is 18.0 Å². The van der Waals surface area contributed by atoms with Gasteiger partial charge in [-0.3, -0.25) is 9.48 Å². The van der Waals surface area contributed by atoms with Crippen molar-refractivity contribution in [1.82, 2.24) is 24.4 Å². The number of fused-ring (bicyclic) bond motifs is 1. The summed E-state index contributed by atoms with van der Waals surface area (Å²) in [4.78, 5) is 20.0. The second-order valence-electron chi connectivity index (χ2n) is 10.9. The molecular formula is C25H33F2N7O2. The van der Waals surface area contributed by atoms with Gasteiger partial charge in [-0.1, -0.05) is 13.8 Å². The summed E-state index contributed by atoms with van der Waals surface area (Å²) in [5.41, 5.74) is 0.464. The van der Waals surface area contributed by atoms with E-state index in [0.29, 0.717) is 17.5 Å². The zero-order valence-corrected chi connectivity index (χ0v) is 20.5. The highest BCUT2D eigenvalue weighted by atomic mass is 19.3. The predicted molar refractivity (Wildman–Crippen MR) is 132 cm³/mol. The van der Waals surface area contributed by atoms with Gasteiger partial charge < -0.3 is 15.0 Å². The maximum absolute atomic E-state index is 13.8. The van der Waals surface area contributed by atoms with Crippen LogP contribution in [0.2, 0.25) is 0 Å². The molecule has 3 aromatic heterocycles. The van der Waals surface area contributed by atoms with E-state index in [1.165, 1.54) is 10.7 Å². The summed E-state index contributed by atoms with van der Waals surface area (Å²) in [6.07, 6.45) is 5.81. The van der Waals surface area contributed by atoms with Gasteiger partial charge >= 0.3 is 0 Å². The van der Waals surface area contributed by atoms with Crippen LogP contribution in [0.3, 0.4) is 0 Å². The Bertz CT molecular complexity index is 1270. The summed E-state index contributed by atoms with van der Waals surface area (Å²) in [7, 11) is 0. The van der Waals surface area contributed by atoms with Gasteiger partial charge in [-0.15, -0.1) is 0 Å². The summed E-state index contributed by atoms with van der Waals surface area (Å²) in [5.74, 6) is 1.49. The molecule has 0 aromatic carbocycles. The van der Waals surface area contributed by atoms with Crippen molar-refractivity contribution in [2.24, 2.45) is 17.3 Å². The van der Waals surface area contributed by atoms with Crippen LogP contribution in [-0.2, 0) is 4.74 Å². The number of hydrogen-bond donors (Lipinski definition) is 1. The molecule has 0 bridgehead atoms. The lowest BCUT2D eigenvalue weighted by Crippen LogP contribution is -2.66. The minimum absolute atomic E-state index is 0. The third kappa shape index (κ3) is 4.03. The maximum atomic E-state index is 13.8. The lowest BCUT2D eigenvalue weighted by Gasteiger charge is -2.55. The Balaban J connectivity index is 0.00000280. The molecule has 11 heteroatoms. The number of aromatic nitrogens is 5. The monoisotopic (exact) mass is 501 g/mol. The Kier molecular flexibility index (Phi) is 5.70. The summed E-state index contributed by atoms with van der Waals surface area (Å²) < 4.78 is 36.1. The number of halogens is 2. The van der Waals surface area contributed by atoms with E-state index in [2.05, 4.69) is 39.2 Å². The van der Waals surface area contributed by atoms with Gasteiger partial charge in [0.2, 0.25) is 0 Å². The van der Waals surface area contributed by atoms with Gasteiger partial charge in [-0.05, 0) is 43.6 Å². The van der Waals surface area contributed by atoms with Gasteiger partial charge in [-0.2, -0.15) is 10.2 Å². The highest BCUT2D eigenvalue weighted by molar-refractivity contribution is 6.08. The molecule has 2 saturated heterocycles. The Morgan fingerprint density at radius 2 is 1.97 bits per heavy atom. The molecule has 0 radical (unpaired) electrons. The average Bonchev–Trinajstić information content (AvgIpc) is 3.41. The molecule has 1 spiro atoms. The fourth-order valence-electron chi connectivity index (χ4n) is 5.77. The number of hydrogen-bond acceptors (Lipinski definition) is 6. The molecule has 1 aliphatic carbocycles. The van der Waals surface area contributed by atoms with Crippen molar-refractivity contribution in [3.63, 3.8) is 0 Å². The number of alkyl halides is 2. The summed E-state index contributed by atoms with van der Waals surface area (Å²) in [6, 6.07) is 1.92. The smallest absolute Gasteiger partial charge is 0.284 e. The maximum Gasteiger partial charge on any atom is 0.284 e. The van der Waals surface area contributed by atoms with Gasteiger partial charge in [0.05, 0.1) is 36.6 Å². The zero-order chi connectivity index (χ0) is 25.0. The quantitative estimate of drug-likeness (QED) is 0.532.